The van der Waals surface area contributed by atoms with E-state index in [1.807, 2.05) is 19.1 Å². The van der Waals surface area contributed by atoms with Gasteiger partial charge < -0.3 is 15.4 Å². The van der Waals surface area contributed by atoms with Gasteiger partial charge in [-0.15, -0.1) is 0 Å². The number of carbonyl (C=O) groups is 1. The summed E-state index contributed by atoms with van der Waals surface area (Å²) in [6, 6.07) is 7.93. The number of nitrogens with zero attached hydrogens (tertiary/aromatic N) is 1. The van der Waals surface area contributed by atoms with Crippen LogP contribution in [-0.4, -0.2) is 23.2 Å². The normalized spacial score (nSPS) is 19.7. The van der Waals surface area contributed by atoms with Gasteiger partial charge in [0.05, 0.1) is 11.3 Å². The fourth-order valence-electron chi connectivity index (χ4n) is 3.20. The number of para-hydroxylation sites is 1. The van der Waals surface area contributed by atoms with Crippen LogP contribution in [-0.2, 0) is 6.18 Å². The van der Waals surface area contributed by atoms with Crippen LogP contribution >= 0.6 is 0 Å². The number of anilines is 1. The Morgan fingerprint density at radius 1 is 1.11 bits per heavy atom. The standard InChI is InChI=1S/C20H22F3N3O2/c1-13-6-11-18(24-12-13)28-15-9-7-14(8-10-15)25-19(27)26-17-5-3-2-4-16(17)20(21,22)23/h2-6,11-12,14-15H,7-10H2,1H3,(H2,25,26,27). The molecule has 2 aromatic rings. The van der Waals surface area contributed by atoms with Crippen molar-refractivity contribution < 1.29 is 22.7 Å². The van der Waals surface area contributed by atoms with Gasteiger partial charge >= 0.3 is 12.2 Å². The van der Waals surface area contributed by atoms with Crippen LogP contribution < -0.4 is 15.4 Å². The number of halogens is 3. The monoisotopic (exact) mass is 393 g/mol. The van der Waals surface area contributed by atoms with Crippen LogP contribution in [0.4, 0.5) is 23.7 Å². The number of carbonyl (C=O) groups excluding carboxylic acids is 1. The van der Waals surface area contributed by atoms with Crippen LogP contribution in [0.1, 0.15) is 36.8 Å². The summed E-state index contributed by atoms with van der Waals surface area (Å²) in [5, 5.41) is 5.06. The molecule has 0 saturated heterocycles. The summed E-state index contributed by atoms with van der Waals surface area (Å²) >= 11 is 0. The maximum atomic E-state index is 13.0. The number of alkyl halides is 3. The topological polar surface area (TPSA) is 63.2 Å². The van der Waals surface area contributed by atoms with Crippen molar-refractivity contribution in [3.63, 3.8) is 0 Å². The number of benzene rings is 1. The third kappa shape index (κ3) is 5.37. The van der Waals surface area contributed by atoms with Crippen molar-refractivity contribution >= 4 is 11.7 Å². The SMILES string of the molecule is Cc1ccc(OC2CCC(NC(=O)Nc3ccccc3C(F)(F)F)CC2)nc1. The van der Waals surface area contributed by atoms with Crippen molar-refractivity contribution in [3.05, 3.63) is 53.7 Å². The molecule has 0 aliphatic heterocycles. The number of amides is 2. The first-order valence-corrected chi connectivity index (χ1v) is 9.14. The van der Waals surface area contributed by atoms with Crippen LogP contribution in [0, 0.1) is 6.92 Å². The summed E-state index contributed by atoms with van der Waals surface area (Å²) in [4.78, 5) is 16.4. The third-order valence-corrected chi connectivity index (χ3v) is 4.66. The van der Waals surface area contributed by atoms with E-state index in [1.165, 1.54) is 18.2 Å². The molecule has 28 heavy (non-hydrogen) atoms. The fraction of sp³-hybridized carbons (Fsp3) is 0.400. The summed E-state index contributed by atoms with van der Waals surface area (Å²) in [7, 11) is 0. The number of hydrogen-bond donors (Lipinski definition) is 2. The van der Waals surface area contributed by atoms with Crippen LogP contribution in [0.2, 0.25) is 0 Å². The Labute approximate surface area is 161 Å². The first-order chi connectivity index (χ1) is 13.3. The Kier molecular flexibility index (Phi) is 6.06. The maximum absolute atomic E-state index is 13.0. The van der Waals surface area contributed by atoms with Crippen molar-refractivity contribution in [2.45, 2.75) is 50.9 Å². The van der Waals surface area contributed by atoms with Crippen molar-refractivity contribution in [2.75, 3.05) is 5.32 Å². The van der Waals surface area contributed by atoms with Gasteiger partial charge in [0.15, 0.2) is 0 Å². The molecule has 150 valence electrons. The molecule has 1 fully saturated rings. The zero-order valence-corrected chi connectivity index (χ0v) is 15.4. The van der Waals surface area contributed by atoms with Gasteiger partial charge in [0.25, 0.3) is 0 Å². The van der Waals surface area contributed by atoms with Gasteiger partial charge in [-0.3, -0.25) is 0 Å². The summed E-state index contributed by atoms with van der Waals surface area (Å²) < 4.78 is 44.9. The molecule has 0 bridgehead atoms. The van der Waals surface area contributed by atoms with E-state index >= 15 is 0 Å². The highest BCUT2D eigenvalue weighted by atomic mass is 19.4. The number of hydrogen-bond acceptors (Lipinski definition) is 3. The first kappa shape index (κ1) is 20.0. The summed E-state index contributed by atoms with van der Waals surface area (Å²) in [6.45, 7) is 1.95. The molecule has 1 saturated carbocycles. The number of aromatic nitrogens is 1. The Hall–Kier alpha value is -2.77. The third-order valence-electron chi connectivity index (χ3n) is 4.66. The number of ether oxygens (including phenoxy) is 1. The van der Waals surface area contributed by atoms with Gasteiger partial charge in [-0.2, -0.15) is 13.2 Å². The number of aryl methyl sites for hydroxylation is 1. The van der Waals surface area contributed by atoms with Crippen molar-refractivity contribution in [1.82, 2.24) is 10.3 Å². The minimum absolute atomic E-state index is 0.0160. The highest BCUT2D eigenvalue weighted by Crippen LogP contribution is 2.34. The summed E-state index contributed by atoms with van der Waals surface area (Å²) in [5.41, 5.74) is -0.0683. The fourth-order valence-corrected chi connectivity index (χ4v) is 3.20. The van der Waals surface area contributed by atoms with Crippen molar-refractivity contribution in [3.8, 4) is 5.88 Å². The molecule has 1 aliphatic carbocycles. The first-order valence-electron chi connectivity index (χ1n) is 9.14. The second-order valence-corrected chi connectivity index (χ2v) is 6.91. The van der Waals surface area contributed by atoms with Gasteiger partial charge in [-0.1, -0.05) is 18.2 Å². The van der Waals surface area contributed by atoms with E-state index in [1.54, 1.807) is 6.20 Å². The van der Waals surface area contributed by atoms with Gasteiger partial charge in [0.2, 0.25) is 5.88 Å². The lowest BCUT2D eigenvalue weighted by Crippen LogP contribution is -2.42. The molecule has 0 atom stereocenters. The molecule has 5 nitrogen and oxygen atoms in total. The lowest BCUT2D eigenvalue weighted by atomic mass is 9.93. The molecule has 8 heteroatoms. The van der Waals surface area contributed by atoms with Gasteiger partial charge in [0, 0.05) is 18.3 Å². The van der Waals surface area contributed by atoms with Gasteiger partial charge in [0.1, 0.15) is 6.10 Å². The molecule has 2 amide bonds. The lowest BCUT2D eigenvalue weighted by Gasteiger charge is -2.29. The molecular formula is C20H22F3N3O2. The number of rotatable bonds is 4. The van der Waals surface area contributed by atoms with Gasteiger partial charge in [-0.05, 0) is 50.3 Å². The zero-order valence-electron chi connectivity index (χ0n) is 15.4. The van der Waals surface area contributed by atoms with Crippen LogP contribution in [0.3, 0.4) is 0 Å². The van der Waals surface area contributed by atoms with Crippen LogP contribution in [0.25, 0.3) is 0 Å². The molecule has 1 aliphatic rings. The second-order valence-electron chi connectivity index (χ2n) is 6.91. The largest absolute Gasteiger partial charge is 0.474 e. The molecular weight excluding hydrogens is 371 g/mol. The zero-order chi connectivity index (χ0) is 20.1. The van der Waals surface area contributed by atoms with E-state index in [2.05, 4.69) is 15.6 Å². The Bertz CT molecular complexity index is 801. The van der Waals surface area contributed by atoms with E-state index in [4.69, 9.17) is 4.74 Å². The quantitative estimate of drug-likeness (QED) is 0.775. The van der Waals surface area contributed by atoms with Crippen molar-refractivity contribution in [2.24, 2.45) is 0 Å². The summed E-state index contributed by atoms with van der Waals surface area (Å²) in [5.74, 6) is 0.573. The maximum Gasteiger partial charge on any atom is 0.418 e. The number of urea groups is 1. The van der Waals surface area contributed by atoms with Crippen molar-refractivity contribution in [1.29, 1.82) is 0 Å². The Morgan fingerprint density at radius 2 is 1.82 bits per heavy atom. The molecule has 2 N–H and O–H groups in total. The van der Waals surface area contributed by atoms with E-state index in [0.717, 1.165) is 24.5 Å². The number of pyridine rings is 1. The minimum Gasteiger partial charge on any atom is -0.474 e. The Morgan fingerprint density at radius 3 is 2.46 bits per heavy atom. The average molecular weight is 393 g/mol. The predicted octanol–water partition coefficient (Wildman–Crippen LogP) is 4.92. The minimum atomic E-state index is -4.52. The highest BCUT2D eigenvalue weighted by molar-refractivity contribution is 5.90. The molecule has 1 aromatic heterocycles. The number of nitrogens with one attached hydrogen (secondary N) is 2. The Balaban J connectivity index is 1.48. The van der Waals surface area contributed by atoms with E-state index in [0.29, 0.717) is 18.7 Å². The predicted molar refractivity (Wildman–Crippen MR) is 99.2 cm³/mol. The molecule has 0 unspecified atom stereocenters. The van der Waals surface area contributed by atoms with Gasteiger partial charge in [-0.25, -0.2) is 9.78 Å². The van der Waals surface area contributed by atoms with E-state index in [-0.39, 0.29) is 17.8 Å². The second kappa shape index (κ2) is 8.50. The molecule has 0 radical (unpaired) electrons. The van der Waals surface area contributed by atoms with Crippen LogP contribution in [0.5, 0.6) is 5.88 Å². The highest BCUT2D eigenvalue weighted by Gasteiger charge is 2.33. The lowest BCUT2D eigenvalue weighted by molar-refractivity contribution is -0.136. The smallest absolute Gasteiger partial charge is 0.418 e. The summed E-state index contributed by atoms with van der Waals surface area (Å²) in [6.07, 6.45) is 0.0755. The van der Waals surface area contributed by atoms with Crippen LogP contribution in [0.15, 0.2) is 42.6 Å². The van der Waals surface area contributed by atoms with E-state index < -0.39 is 17.8 Å². The molecule has 3 rings (SSSR count). The average Bonchev–Trinajstić information content (AvgIpc) is 2.65. The molecule has 1 heterocycles. The molecule has 0 spiro atoms. The van der Waals surface area contributed by atoms with E-state index in [9.17, 15) is 18.0 Å². The molecule has 1 aromatic carbocycles.